The molecule has 1 aliphatic carbocycles. The van der Waals surface area contributed by atoms with Crippen LogP contribution in [0, 0.1) is 13.8 Å². The third-order valence-corrected chi connectivity index (χ3v) is 8.29. The van der Waals surface area contributed by atoms with Crippen LogP contribution in [-0.4, -0.2) is 20.9 Å². The van der Waals surface area contributed by atoms with Crippen LogP contribution in [0.25, 0.3) is 0 Å². The van der Waals surface area contributed by atoms with Gasteiger partial charge >= 0.3 is 0 Å². The van der Waals surface area contributed by atoms with Crippen LogP contribution in [0.3, 0.4) is 0 Å². The van der Waals surface area contributed by atoms with Crippen molar-refractivity contribution in [3.05, 3.63) is 94.0 Å². The van der Waals surface area contributed by atoms with E-state index in [1.807, 2.05) is 25.1 Å². The van der Waals surface area contributed by atoms with E-state index in [0.717, 1.165) is 34.7 Å². The molecule has 0 unspecified atom stereocenters. The Bertz CT molecular complexity index is 1270. The molecule has 0 saturated heterocycles. The summed E-state index contributed by atoms with van der Waals surface area (Å²) >= 11 is 6.30. The van der Waals surface area contributed by atoms with Gasteiger partial charge in [-0.3, -0.25) is 9.10 Å². The standard InChI is InChI=1S/C26H27ClN2O3S/c1-18-13-15-21(16-14-18)33(31,32)29(25-12-6-10-23(27)19(25)2)17-26(30)28-24-11-5-8-20-7-3-4-9-22(20)24/h3-4,6-7,9-10,12-16,24H,5,8,11,17H2,1-2H3,(H,28,30)/t24-/m0/s1. The second kappa shape index (κ2) is 9.57. The van der Waals surface area contributed by atoms with Crippen LogP contribution in [0.5, 0.6) is 0 Å². The van der Waals surface area contributed by atoms with Crippen molar-refractivity contribution in [1.82, 2.24) is 5.32 Å². The fourth-order valence-corrected chi connectivity index (χ4v) is 5.93. The number of anilines is 1. The lowest BCUT2D eigenvalue weighted by molar-refractivity contribution is -0.120. The molecule has 172 valence electrons. The van der Waals surface area contributed by atoms with E-state index in [9.17, 15) is 13.2 Å². The Morgan fingerprint density at radius 2 is 1.76 bits per heavy atom. The molecule has 0 heterocycles. The number of nitrogens with zero attached hydrogens (tertiary/aromatic N) is 1. The van der Waals surface area contributed by atoms with Crippen molar-refractivity contribution in [2.75, 3.05) is 10.8 Å². The maximum absolute atomic E-state index is 13.6. The van der Waals surface area contributed by atoms with Gasteiger partial charge in [0.2, 0.25) is 5.91 Å². The predicted molar refractivity (Wildman–Crippen MR) is 132 cm³/mol. The number of nitrogens with one attached hydrogen (secondary N) is 1. The van der Waals surface area contributed by atoms with Gasteiger partial charge in [-0.05, 0) is 74.1 Å². The second-order valence-electron chi connectivity index (χ2n) is 8.42. The number of hydrogen-bond acceptors (Lipinski definition) is 3. The monoisotopic (exact) mass is 482 g/mol. The molecule has 33 heavy (non-hydrogen) atoms. The van der Waals surface area contributed by atoms with Crippen LogP contribution in [-0.2, 0) is 21.2 Å². The van der Waals surface area contributed by atoms with Gasteiger partial charge in [-0.15, -0.1) is 0 Å². The molecule has 0 saturated carbocycles. The second-order valence-corrected chi connectivity index (χ2v) is 10.7. The van der Waals surface area contributed by atoms with Crippen molar-refractivity contribution in [2.24, 2.45) is 0 Å². The number of carbonyl (C=O) groups is 1. The normalized spacial score (nSPS) is 15.5. The quantitative estimate of drug-likeness (QED) is 0.515. The number of halogens is 1. The molecule has 0 radical (unpaired) electrons. The molecule has 0 aromatic heterocycles. The average Bonchev–Trinajstić information content (AvgIpc) is 2.80. The van der Waals surface area contributed by atoms with Gasteiger partial charge in [0.1, 0.15) is 6.54 Å². The average molecular weight is 483 g/mol. The van der Waals surface area contributed by atoms with Crippen LogP contribution < -0.4 is 9.62 Å². The van der Waals surface area contributed by atoms with Gasteiger partial charge in [0.05, 0.1) is 16.6 Å². The largest absolute Gasteiger partial charge is 0.348 e. The van der Waals surface area contributed by atoms with E-state index in [2.05, 4.69) is 11.4 Å². The summed E-state index contributed by atoms with van der Waals surface area (Å²) in [7, 11) is -3.99. The van der Waals surface area contributed by atoms with Gasteiger partial charge in [0.15, 0.2) is 0 Å². The zero-order chi connectivity index (χ0) is 23.6. The van der Waals surface area contributed by atoms with Gasteiger partial charge < -0.3 is 5.32 Å². The summed E-state index contributed by atoms with van der Waals surface area (Å²) in [5.41, 5.74) is 4.27. The smallest absolute Gasteiger partial charge is 0.264 e. The topological polar surface area (TPSA) is 66.5 Å². The molecular weight excluding hydrogens is 456 g/mol. The lowest BCUT2D eigenvalue weighted by atomic mass is 9.88. The maximum atomic E-state index is 13.6. The summed E-state index contributed by atoms with van der Waals surface area (Å²) in [5, 5.41) is 3.51. The Labute approximate surface area is 200 Å². The predicted octanol–water partition coefficient (Wildman–Crippen LogP) is 5.35. The van der Waals surface area contributed by atoms with E-state index in [1.165, 1.54) is 5.56 Å². The molecule has 1 N–H and O–H groups in total. The van der Waals surface area contributed by atoms with E-state index in [1.54, 1.807) is 49.4 Å². The van der Waals surface area contributed by atoms with Crippen LogP contribution in [0.4, 0.5) is 5.69 Å². The molecule has 5 nitrogen and oxygen atoms in total. The zero-order valence-corrected chi connectivity index (χ0v) is 20.3. The molecule has 1 atom stereocenters. The summed E-state index contributed by atoms with van der Waals surface area (Å²) in [4.78, 5) is 13.3. The lowest BCUT2D eigenvalue weighted by Crippen LogP contribution is -2.42. The molecule has 0 aliphatic heterocycles. The molecule has 3 aromatic rings. The Kier molecular flexibility index (Phi) is 6.77. The van der Waals surface area contributed by atoms with Crippen molar-refractivity contribution >= 4 is 33.2 Å². The van der Waals surface area contributed by atoms with E-state index in [4.69, 9.17) is 11.6 Å². The number of amides is 1. The summed E-state index contributed by atoms with van der Waals surface area (Å²) in [5.74, 6) is -0.355. The lowest BCUT2D eigenvalue weighted by Gasteiger charge is -2.29. The highest BCUT2D eigenvalue weighted by Crippen LogP contribution is 2.32. The number of sulfonamides is 1. The van der Waals surface area contributed by atoms with Gasteiger partial charge in [-0.2, -0.15) is 0 Å². The molecule has 3 aromatic carbocycles. The first-order valence-electron chi connectivity index (χ1n) is 11.0. The van der Waals surface area contributed by atoms with Crippen molar-refractivity contribution < 1.29 is 13.2 Å². The van der Waals surface area contributed by atoms with E-state index in [-0.39, 0.29) is 23.4 Å². The Morgan fingerprint density at radius 3 is 2.52 bits per heavy atom. The van der Waals surface area contributed by atoms with Crippen molar-refractivity contribution in [2.45, 2.75) is 44.0 Å². The van der Waals surface area contributed by atoms with Crippen LogP contribution in [0.2, 0.25) is 5.02 Å². The van der Waals surface area contributed by atoms with Crippen molar-refractivity contribution in [1.29, 1.82) is 0 Å². The number of rotatable bonds is 6. The summed E-state index contributed by atoms with van der Waals surface area (Å²) in [6.07, 6.45) is 2.78. The first-order chi connectivity index (χ1) is 15.8. The zero-order valence-electron chi connectivity index (χ0n) is 18.7. The summed E-state index contributed by atoms with van der Waals surface area (Å²) in [6.45, 7) is 3.31. The van der Waals surface area contributed by atoms with Crippen molar-refractivity contribution in [3.63, 3.8) is 0 Å². The minimum Gasteiger partial charge on any atom is -0.348 e. The molecule has 0 bridgehead atoms. The SMILES string of the molecule is Cc1ccc(S(=O)(=O)N(CC(=O)N[C@H]2CCCc3ccccc32)c2cccc(Cl)c2C)cc1. The van der Waals surface area contributed by atoms with E-state index >= 15 is 0 Å². The minimum atomic E-state index is -3.99. The molecule has 4 rings (SSSR count). The van der Waals surface area contributed by atoms with Crippen LogP contribution in [0.1, 0.15) is 41.1 Å². The number of aryl methyl sites for hydroxylation is 2. The van der Waals surface area contributed by atoms with E-state index in [0.29, 0.717) is 16.3 Å². The highest BCUT2D eigenvalue weighted by molar-refractivity contribution is 7.92. The molecule has 1 amide bonds. The first kappa shape index (κ1) is 23.3. The third kappa shape index (κ3) is 4.92. The first-order valence-corrected chi connectivity index (χ1v) is 12.8. The Balaban J connectivity index is 1.67. The minimum absolute atomic E-state index is 0.128. The fraction of sp³-hybridized carbons (Fsp3) is 0.269. The van der Waals surface area contributed by atoms with Gasteiger partial charge in [0, 0.05) is 5.02 Å². The molecular formula is C26H27ClN2O3S. The number of fused-ring (bicyclic) bond motifs is 1. The third-order valence-electron chi connectivity index (χ3n) is 6.11. The molecule has 0 fully saturated rings. The van der Waals surface area contributed by atoms with Crippen LogP contribution >= 0.6 is 11.6 Å². The van der Waals surface area contributed by atoms with Crippen LogP contribution in [0.15, 0.2) is 71.6 Å². The van der Waals surface area contributed by atoms with Gasteiger partial charge in [-0.1, -0.05) is 59.6 Å². The maximum Gasteiger partial charge on any atom is 0.264 e. The highest BCUT2D eigenvalue weighted by atomic mass is 35.5. The number of benzene rings is 3. The molecule has 0 spiro atoms. The molecule has 7 heteroatoms. The number of hydrogen-bond donors (Lipinski definition) is 1. The highest BCUT2D eigenvalue weighted by Gasteiger charge is 2.30. The molecule has 1 aliphatic rings. The van der Waals surface area contributed by atoms with E-state index < -0.39 is 10.0 Å². The van der Waals surface area contributed by atoms with Crippen molar-refractivity contribution in [3.8, 4) is 0 Å². The van der Waals surface area contributed by atoms with Gasteiger partial charge in [-0.25, -0.2) is 8.42 Å². The summed E-state index contributed by atoms with van der Waals surface area (Å²) < 4.78 is 28.4. The summed E-state index contributed by atoms with van der Waals surface area (Å²) in [6, 6.07) is 19.6. The van der Waals surface area contributed by atoms with Gasteiger partial charge in [0.25, 0.3) is 10.0 Å². The fourth-order valence-electron chi connectivity index (χ4n) is 4.28. The Hall–Kier alpha value is -2.83. The Morgan fingerprint density at radius 1 is 1.03 bits per heavy atom. The number of carbonyl (C=O) groups excluding carboxylic acids is 1.